The molecule has 5 nitrogen and oxygen atoms in total. The third-order valence-electron chi connectivity index (χ3n) is 4.62. The molecule has 1 unspecified atom stereocenters. The van der Waals surface area contributed by atoms with E-state index in [4.69, 9.17) is 10.5 Å². The van der Waals surface area contributed by atoms with Gasteiger partial charge in [-0.3, -0.25) is 4.79 Å². The minimum absolute atomic E-state index is 0.0724. The van der Waals surface area contributed by atoms with Gasteiger partial charge in [-0.15, -0.1) is 11.3 Å². The third kappa shape index (κ3) is 3.65. The number of halogens is 1. The van der Waals surface area contributed by atoms with Crippen LogP contribution in [0, 0.1) is 9.91 Å². The van der Waals surface area contributed by atoms with Gasteiger partial charge in [0, 0.05) is 20.6 Å². The number of anilines is 2. The molecule has 0 aliphatic heterocycles. The number of amides is 1. The lowest BCUT2D eigenvalue weighted by atomic mass is 10.1. The van der Waals surface area contributed by atoms with E-state index >= 15 is 0 Å². The number of benzene rings is 2. The molecule has 1 aromatic heterocycles. The Morgan fingerprint density at radius 2 is 1.86 bits per heavy atom. The van der Waals surface area contributed by atoms with Crippen LogP contribution in [0.4, 0.5) is 15.8 Å². The summed E-state index contributed by atoms with van der Waals surface area (Å²) in [4.78, 5) is 13.8. The number of nitrogens with two attached hydrogens (primary N) is 1. The predicted octanol–water partition coefficient (Wildman–Crippen LogP) is 4.96. The van der Waals surface area contributed by atoms with Crippen LogP contribution in [-0.4, -0.2) is 15.4 Å². The fourth-order valence-electron chi connectivity index (χ4n) is 2.88. The van der Waals surface area contributed by atoms with Crippen molar-refractivity contribution in [2.75, 3.05) is 11.1 Å². The zero-order chi connectivity index (χ0) is 19.9. The first-order valence-corrected chi connectivity index (χ1v) is 11.1. The molecule has 0 radical (unpaired) electrons. The van der Waals surface area contributed by atoms with E-state index in [1.54, 1.807) is 48.5 Å². The maximum atomic E-state index is 13.3. The van der Waals surface area contributed by atoms with E-state index in [-0.39, 0.29) is 16.3 Å². The van der Waals surface area contributed by atoms with E-state index in [1.807, 2.05) is 0 Å². The van der Waals surface area contributed by atoms with E-state index in [2.05, 4.69) is 5.32 Å². The van der Waals surface area contributed by atoms with Crippen LogP contribution < -0.4 is 11.1 Å². The number of rotatable bonds is 5. The second kappa shape index (κ2) is 7.03. The second-order valence-electron chi connectivity index (χ2n) is 6.68. The van der Waals surface area contributed by atoms with Crippen LogP contribution in [0.5, 0.6) is 0 Å². The molecule has 2 aromatic carbocycles. The Balaban J connectivity index is 1.55. The molecule has 1 heterocycles. The molecular formula is C20H18FN3O2S2. The van der Waals surface area contributed by atoms with Gasteiger partial charge in [-0.2, -0.15) is 4.39 Å². The van der Waals surface area contributed by atoms with E-state index in [0.29, 0.717) is 21.8 Å². The molecule has 4 rings (SSSR count). The quantitative estimate of drug-likeness (QED) is 0.514. The van der Waals surface area contributed by atoms with Crippen molar-refractivity contribution in [3.8, 4) is 10.4 Å². The molecule has 1 aliphatic carbocycles. The van der Waals surface area contributed by atoms with Gasteiger partial charge in [-0.05, 0) is 66.9 Å². The molecule has 0 bridgehead atoms. The molecule has 1 aliphatic rings. The van der Waals surface area contributed by atoms with Gasteiger partial charge in [0.05, 0.1) is 21.1 Å². The van der Waals surface area contributed by atoms with Gasteiger partial charge in [-0.1, -0.05) is 6.07 Å². The highest BCUT2D eigenvalue weighted by Crippen LogP contribution is 2.34. The Bertz CT molecular complexity index is 1150. The minimum atomic E-state index is -2.79. The summed E-state index contributed by atoms with van der Waals surface area (Å²) in [5, 5.41) is 2.41. The third-order valence-corrected chi connectivity index (χ3v) is 7.93. The largest absolute Gasteiger partial charge is 0.397 e. The zero-order valence-corrected chi connectivity index (χ0v) is 16.4. The fourth-order valence-corrected chi connectivity index (χ4v) is 5.33. The molecule has 1 saturated carbocycles. The van der Waals surface area contributed by atoms with E-state index in [9.17, 15) is 13.4 Å². The zero-order valence-electron chi connectivity index (χ0n) is 14.8. The maximum Gasteiger partial charge on any atom is 0.255 e. The van der Waals surface area contributed by atoms with Gasteiger partial charge in [0.2, 0.25) is 0 Å². The molecule has 4 N–H and O–H groups in total. The Kier molecular flexibility index (Phi) is 4.68. The number of carbonyl (C=O) groups excluding carboxylic acids is 1. The van der Waals surface area contributed by atoms with Gasteiger partial charge in [-0.25, -0.2) is 8.99 Å². The average Bonchev–Trinajstić information content (AvgIpc) is 3.46. The summed E-state index contributed by atoms with van der Waals surface area (Å²) in [7, 11) is -2.79. The van der Waals surface area contributed by atoms with Gasteiger partial charge < -0.3 is 11.1 Å². The monoisotopic (exact) mass is 415 g/mol. The Labute approximate surface area is 166 Å². The summed E-state index contributed by atoms with van der Waals surface area (Å²) < 4.78 is 33.8. The first-order valence-electron chi connectivity index (χ1n) is 8.69. The van der Waals surface area contributed by atoms with Crippen molar-refractivity contribution >= 4 is 38.3 Å². The first-order chi connectivity index (χ1) is 13.3. The molecule has 3 aromatic rings. The molecule has 8 heteroatoms. The number of hydrogen-bond donors (Lipinski definition) is 3. The molecule has 1 amide bonds. The lowest BCUT2D eigenvalue weighted by Gasteiger charge is -2.11. The summed E-state index contributed by atoms with van der Waals surface area (Å²) in [5.41, 5.74) is 7.94. The fraction of sp³-hybridized carbons (Fsp3) is 0.150. The van der Waals surface area contributed by atoms with Gasteiger partial charge in [0.1, 0.15) is 0 Å². The highest BCUT2D eigenvalue weighted by Gasteiger charge is 2.33. The van der Waals surface area contributed by atoms with Crippen LogP contribution in [0.1, 0.15) is 23.2 Å². The van der Waals surface area contributed by atoms with E-state index in [1.165, 1.54) is 6.07 Å². The average molecular weight is 416 g/mol. The van der Waals surface area contributed by atoms with Crippen LogP contribution in [-0.2, 0) is 9.73 Å². The summed E-state index contributed by atoms with van der Waals surface area (Å²) in [5.74, 6) is -0.365. The van der Waals surface area contributed by atoms with Crippen molar-refractivity contribution in [1.29, 1.82) is 4.78 Å². The van der Waals surface area contributed by atoms with Gasteiger partial charge >= 0.3 is 0 Å². The van der Waals surface area contributed by atoms with E-state index < -0.39 is 9.73 Å². The topological polar surface area (TPSA) is 96.0 Å². The van der Waals surface area contributed by atoms with Crippen molar-refractivity contribution in [2.24, 2.45) is 0 Å². The van der Waals surface area contributed by atoms with Gasteiger partial charge in [0.25, 0.3) is 5.91 Å². The number of hydrogen-bond acceptors (Lipinski definition) is 5. The summed E-state index contributed by atoms with van der Waals surface area (Å²) in [6.07, 6.45) is 1.63. The Hall–Kier alpha value is -2.71. The molecule has 0 spiro atoms. The summed E-state index contributed by atoms with van der Waals surface area (Å²) in [6, 6.07) is 14.5. The lowest BCUT2D eigenvalue weighted by molar-refractivity contribution is 0.102. The molecule has 144 valence electrons. The SMILES string of the molecule is N=S(=O)(c1ccc(C(=O)Nc2cc(-c3ccc(F)s3)ccc2N)cc1)C1CC1. The molecular weight excluding hydrogens is 397 g/mol. The molecule has 1 atom stereocenters. The number of thiophene rings is 1. The predicted molar refractivity (Wildman–Crippen MR) is 111 cm³/mol. The van der Waals surface area contributed by atoms with Crippen molar-refractivity contribution in [1.82, 2.24) is 0 Å². The van der Waals surface area contributed by atoms with Crippen molar-refractivity contribution < 1.29 is 13.4 Å². The molecule has 28 heavy (non-hydrogen) atoms. The second-order valence-corrected chi connectivity index (χ2v) is 10.1. The van der Waals surface area contributed by atoms with Crippen LogP contribution in [0.25, 0.3) is 10.4 Å². The smallest absolute Gasteiger partial charge is 0.255 e. The summed E-state index contributed by atoms with van der Waals surface area (Å²) >= 11 is 1.02. The minimum Gasteiger partial charge on any atom is -0.397 e. The first kappa shape index (κ1) is 18.6. The van der Waals surface area contributed by atoms with Gasteiger partial charge in [0.15, 0.2) is 5.13 Å². The standard InChI is InChI=1S/C20H18FN3O2S2/c21-19-10-9-18(27-19)13-3-8-16(22)17(11-13)24-20(25)12-1-4-14(5-2-12)28(23,26)15-6-7-15/h1-5,8-11,15,23H,6-7,22H2,(H,24,25). The van der Waals surface area contributed by atoms with Crippen molar-refractivity contribution in [2.45, 2.75) is 23.0 Å². The maximum absolute atomic E-state index is 13.3. The Morgan fingerprint density at radius 1 is 1.14 bits per heavy atom. The number of nitrogen functional groups attached to an aromatic ring is 1. The summed E-state index contributed by atoms with van der Waals surface area (Å²) in [6.45, 7) is 0. The lowest BCUT2D eigenvalue weighted by Crippen LogP contribution is -2.13. The molecule has 0 saturated heterocycles. The van der Waals surface area contributed by atoms with E-state index in [0.717, 1.165) is 34.6 Å². The van der Waals surface area contributed by atoms with Crippen molar-refractivity contribution in [3.05, 3.63) is 65.3 Å². The number of nitrogens with one attached hydrogen (secondary N) is 2. The number of carbonyl (C=O) groups is 1. The van der Waals surface area contributed by atoms with Crippen molar-refractivity contribution in [3.63, 3.8) is 0 Å². The van der Waals surface area contributed by atoms with Crippen LogP contribution in [0.2, 0.25) is 0 Å². The van der Waals surface area contributed by atoms with Crippen LogP contribution in [0.3, 0.4) is 0 Å². The van der Waals surface area contributed by atoms with Crippen LogP contribution >= 0.6 is 11.3 Å². The highest BCUT2D eigenvalue weighted by molar-refractivity contribution is 7.93. The Morgan fingerprint density at radius 3 is 2.46 bits per heavy atom. The normalized spacial score (nSPS) is 15.8. The molecule has 1 fully saturated rings. The highest BCUT2D eigenvalue weighted by atomic mass is 32.2. The van der Waals surface area contributed by atoms with Crippen LogP contribution in [0.15, 0.2) is 59.5 Å².